The minimum Gasteiger partial charge on any atom is -0.492 e. The third-order valence-electron chi connectivity index (χ3n) is 2.22. The molecule has 0 amide bonds. The first-order chi connectivity index (χ1) is 9.04. The van der Waals surface area contributed by atoms with E-state index >= 15 is 0 Å². The fourth-order valence-electron chi connectivity index (χ4n) is 1.29. The van der Waals surface area contributed by atoms with Crippen molar-refractivity contribution in [3.8, 4) is 5.75 Å². The molecule has 0 radical (unpaired) electrons. The van der Waals surface area contributed by atoms with Crippen LogP contribution in [0.2, 0.25) is 10.0 Å². The molecule has 0 atom stereocenters. The molecule has 9 heteroatoms. The molecule has 0 fully saturated rings. The molecular formula is C11H7Cl2F5O2. The van der Waals surface area contributed by atoms with Gasteiger partial charge in [-0.05, 0) is 19.1 Å². The van der Waals surface area contributed by atoms with Crippen LogP contribution in [-0.4, -0.2) is 24.5 Å². The number of rotatable bonds is 4. The van der Waals surface area contributed by atoms with Crippen molar-refractivity contribution in [3.05, 3.63) is 27.7 Å². The van der Waals surface area contributed by atoms with Crippen LogP contribution in [0.5, 0.6) is 5.75 Å². The molecule has 0 aliphatic rings. The Hall–Kier alpha value is -1.08. The average molecular weight is 337 g/mol. The van der Waals surface area contributed by atoms with Gasteiger partial charge in [0.05, 0.1) is 22.2 Å². The number of carbonyl (C=O) groups is 1. The first kappa shape index (κ1) is 17.0. The molecule has 112 valence electrons. The first-order valence-corrected chi connectivity index (χ1v) is 5.89. The highest BCUT2D eigenvalue weighted by atomic mass is 35.5. The molecule has 0 spiro atoms. The highest BCUT2D eigenvalue weighted by molar-refractivity contribution is 6.41. The third kappa shape index (κ3) is 2.98. The van der Waals surface area contributed by atoms with Crippen LogP contribution in [0.1, 0.15) is 17.3 Å². The van der Waals surface area contributed by atoms with Gasteiger partial charge in [0.1, 0.15) is 5.75 Å². The highest BCUT2D eigenvalue weighted by Crippen LogP contribution is 2.42. The monoisotopic (exact) mass is 336 g/mol. The first-order valence-electron chi connectivity index (χ1n) is 5.14. The van der Waals surface area contributed by atoms with Gasteiger partial charge in [0, 0.05) is 0 Å². The molecule has 0 aliphatic carbocycles. The molecule has 0 aromatic heterocycles. The van der Waals surface area contributed by atoms with Crippen LogP contribution in [0.3, 0.4) is 0 Å². The van der Waals surface area contributed by atoms with E-state index in [0.29, 0.717) is 0 Å². The summed E-state index contributed by atoms with van der Waals surface area (Å²) >= 11 is 11.1. The number of alkyl halides is 5. The Labute approximate surface area is 120 Å². The number of benzene rings is 1. The Kier molecular flexibility index (Phi) is 4.86. The Bertz CT molecular complexity index is 528. The summed E-state index contributed by atoms with van der Waals surface area (Å²) in [6.07, 6.45) is -6.04. The van der Waals surface area contributed by atoms with E-state index in [9.17, 15) is 26.7 Å². The summed E-state index contributed by atoms with van der Waals surface area (Å²) in [6.45, 7) is 1.61. The van der Waals surface area contributed by atoms with Gasteiger partial charge < -0.3 is 4.74 Å². The lowest BCUT2D eigenvalue weighted by atomic mass is 10.0. The van der Waals surface area contributed by atoms with Gasteiger partial charge in [0.15, 0.2) is 0 Å². The van der Waals surface area contributed by atoms with Crippen LogP contribution >= 0.6 is 23.2 Å². The van der Waals surface area contributed by atoms with Gasteiger partial charge in [-0.15, -0.1) is 0 Å². The fraction of sp³-hybridized carbons (Fsp3) is 0.364. The summed E-state index contributed by atoms with van der Waals surface area (Å²) in [5.74, 6) is -8.33. The van der Waals surface area contributed by atoms with Crippen molar-refractivity contribution >= 4 is 29.0 Å². The lowest BCUT2D eigenvalue weighted by Crippen LogP contribution is -2.44. The minimum atomic E-state index is -6.04. The Morgan fingerprint density at radius 2 is 1.75 bits per heavy atom. The van der Waals surface area contributed by atoms with E-state index < -0.39 is 33.5 Å². The maximum Gasteiger partial charge on any atom is 0.461 e. The Morgan fingerprint density at radius 1 is 1.20 bits per heavy atom. The van der Waals surface area contributed by atoms with Crippen molar-refractivity contribution < 1.29 is 31.5 Å². The molecule has 1 aromatic carbocycles. The van der Waals surface area contributed by atoms with E-state index in [2.05, 4.69) is 0 Å². The molecule has 0 saturated heterocycles. The van der Waals surface area contributed by atoms with E-state index in [1.54, 1.807) is 0 Å². The van der Waals surface area contributed by atoms with Crippen LogP contribution in [0.15, 0.2) is 12.1 Å². The largest absolute Gasteiger partial charge is 0.492 e. The van der Waals surface area contributed by atoms with Crippen LogP contribution in [-0.2, 0) is 0 Å². The number of hydrogen-bond donors (Lipinski definition) is 0. The molecule has 20 heavy (non-hydrogen) atoms. The van der Waals surface area contributed by atoms with Gasteiger partial charge in [-0.25, -0.2) is 0 Å². The highest BCUT2D eigenvalue weighted by Gasteiger charge is 2.63. The smallest absolute Gasteiger partial charge is 0.461 e. The minimum absolute atomic E-state index is 0.0741. The van der Waals surface area contributed by atoms with Gasteiger partial charge in [-0.1, -0.05) is 23.2 Å². The maximum atomic E-state index is 13.1. The van der Waals surface area contributed by atoms with Gasteiger partial charge in [0.2, 0.25) is 5.78 Å². The van der Waals surface area contributed by atoms with E-state index in [4.69, 9.17) is 27.9 Å². The summed E-state index contributed by atoms with van der Waals surface area (Å²) in [4.78, 5) is 11.4. The van der Waals surface area contributed by atoms with Gasteiger partial charge in [0.25, 0.3) is 0 Å². The van der Waals surface area contributed by atoms with E-state index in [1.807, 2.05) is 0 Å². The summed E-state index contributed by atoms with van der Waals surface area (Å²) in [6, 6.07) is 2.12. The molecule has 0 bridgehead atoms. The lowest BCUT2D eigenvalue weighted by molar-refractivity contribution is -0.255. The number of hydrogen-bond acceptors (Lipinski definition) is 2. The van der Waals surface area contributed by atoms with Crippen molar-refractivity contribution in [1.82, 2.24) is 0 Å². The second-order valence-electron chi connectivity index (χ2n) is 3.57. The van der Waals surface area contributed by atoms with Crippen molar-refractivity contribution in [2.75, 3.05) is 6.61 Å². The Morgan fingerprint density at radius 3 is 2.20 bits per heavy atom. The fourth-order valence-corrected chi connectivity index (χ4v) is 1.89. The summed E-state index contributed by atoms with van der Waals surface area (Å²) < 4.78 is 67.6. The topological polar surface area (TPSA) is 26.3 Å². The zero-order valence-corrected chi connectivity index (χ0v) is 11.3. The van der Waals surface area contributed by atoms with Gasteiger partial charge in [-0.2, -0.15) is 22.0 Å². The lowest BCUT2D eigenvalue weighted by Gasteiger charge is -2.20. The van der Waals surface area contributed by atoms with Crippen LogP contribution in [0.25, 0.3) is 0 Å². The molecule has 0 N–H and O–H groups in total. The second kappa shape index (κ2) is 5.73. The van der Waals surface area contributed by atoms with Gasteiger partial charge in [-0.3, -0.25) is 4.79 Å². The molecule has 2 nitrogen and oxygen atoms in total. The molecule has 0 saturated carbocycles. The van der Waals surface area contributed by atoms with Crippen molar-refractivity contribution in [2.24, 2.45) is 0 Å². The molecule has 0 aliphatic heterocycles. The maximum absolute atomic E-state index is 13.1. The van der Waals surface area contributed by atoms with Crippen molar-refractivity contribution in [2.45, 2.75) is 19.0 Å². The number of ketones is 1. The number of ether oxygens (including phenoxy) is 1. The normalized spacial score (nSPS) is 12.4. The average Bonchev–Trinajstić information content (AvgIpc) is 2.31. The zero-order valence-electron chi connectivity index (χ0n) is 9.82. The van der Waals surface area contributed by atoms with E-state index in [1.165, 1.54) is 6.92 Å². The summed E-state index contributed by atoms with van der Waals surface area (Å²) in [5, 5.41) is -1.30. The predicted molar refractivity (Wildman–Crippen MR) is 63.0 cm³/mol. The van der Waals surface area contributed by atoms with Crippen LogP contribution < -0.4 is 4.74 Å². The third-order valence-corrected chi connectivity index (χ3v) is 2.91. The Balaban J connectivity index is 3.40. The van der Waals surface area contributed by atoms with Crippen molar-refractivity contribution in [3.63, 3.8) is 0 Å². The molecule has 1 aromatic rings. The quantitative estimate of drug-likeness (QED) is 0.584. The standard InChI is InChI=1S/C11H7Cl2F5O2/c1-2-20-6-4-3-5(12)7(8(6)13)9(19)10(14,15)11(16,17)18/h3-4H,2H2,1H3. The number of halogens is 7. The SMILES string of the molecule is CCOc1ccc(Cl)c(C(=O)C(F)(F)C(F)(F)F)c1Cl. The van der Waals surface area contributed by atoms with Crippen LogP contribution in [0.4, 0.5) is 22.0 Å². The van der Waals surface area contributed by atoms with Gasteiger partial charge >= 0.3 is 12.1 Å². The van der Waals surface area contributed by atoms with Crippen LogP contribution in [0, 0.1) is 0 Å². The predicted octanol–water partition coefficient (Wildman–Crippen LogP) is 4.77. The summed E-state index contributed by atoms with van der Waals surface area (Å²) in [5.41, 5.74) is -1.12. The van der Waals surface area contributed by atoms with E-state index in [0.717, 1.165) is 12.1 Å². The molecule has 0 unspecified atom stereocenters. The summed E-state index contributed by atoms with van der Waals surface area (Å²) in [7, 11) is 0. The second-order valence-corrected chi connectivity index (χ2v) is 4.35. The number of carbonyl (C=O) groups excluding carboxylic acids is 1. The molecule has 1 rings (SSSR count). The molecular weight excluding hydrogens is 330 g/mol. The number of Topliss-reactive ketones (excluding diaryl/α,β-unsaturated/α-hetero) is 1. The zero-order chi connectivity index (χ0) is 15.7. The van der Waals surface area contributed by atoms with E-state index in [-0.39, 0.29) is 12.4 Å². The van der Waals surface area contributed by atoms with Crippen molar-refractivity contribution in [1.29, 1.82) is 0 Å². The molecule has 0 heterocycles.